The summed E-state index contributed by atoms with van der Waals surface area (Å²) in [6.07, 6.45) is 4.39. The molecule has 1 saturated heterocycles. The molecule has 7 heteroatoms. The first kappa shape index (κ1) is 14.9. The maximum Gasteiger partial charge on any atom is 0.326 e. The van der Waals surface area contributed by atoms with Gasteiger partial charge in [0.25, 0.3) is 5.91 Å². The number of carboxylic acids is 1. The van der Waals surface area contributed by atoms with Gasteiger partial charge in [-0.25, -0.2) is 14.5 Å². The third-order valence-corrected chi connectivity index (χ3v) is 5.11. The van der Waals surface area contributed by atoms with Crippen LogP contribution in [0.3, 0.4) is 0 Å². The van der Waals surface area contributed by atoms with Crippen LogP contribution in [0, 0.1) is 11.8 Å². The molecule has 0 bridgehead atoms. The topological polar surface area (TPSA) is 88.3 Å². The number of hydrogen-bond acceptors (Lipinski definition) is 4. The molecule has 0 unspecified atom stereocenters. The molecule has 124 valence electrons. The second kappa shape index (κ2) is 5.74. The number of rotatable bonds is 3. The lowest BCUT2D eigenvalue weighted by Gasteiger charge is -2.23. The van der Waals surface area contributed by atoms with Crippen molar-refractivity contribution in [1.29, 1.82) is 0 Å². The highest BCUT2D eigenvalue weighted by Gasteiger charge is 2.50. The molecule has 1 amide bonds. The summed E-state index contributed by atoms with van der Waals surface area (Å²) in [7, 11) is 0. The molecular weight excluding hydrogens is 308 g/mol. The molecule has 1 aliphatic heterocycles. The van der Waals surface area contributed by atoms with Crippen LogP contribution in [0.1, 0.15) is 29.9 Å². The fourth-order valence-corrected chi connectivity index (χ4v) is 4.03. The van der Waals surface area contributed by atoms with Gasteiger partial charge in [0.15, 0.2) is 0 Å². The summed E-state index contributed by atoms with van der Waals surface area (Å²) in [6.45, 7) is 0.486. The Morgan fingerprint density at radius 2 is 1.96 bits per heavy atom. The normalized spacial score (nSPS) is 25.7. The number of nitrogens with zero attached hydrogens (tertiary/aromatic N) is 4. The van der Waals surface area contributed by atoms with Gasteiger partial charge in [-0.05, 0) is 36.8 Å². The molecule has 1 N–H and O–H groups in total. The number of likely N-dealkylation sites (tertiary alicyclic amines) is 1. The SMILES string of the molecule is O=C(O)[C@@H]1[C@@H]2CCC[C@H]2CN1C(=O)c1ncn(-c2ccccc2)n1. The molecule has 2 fully saturated rings. The Bertz CT molecular complexity index is 773. The second-order valence-corrected chi connectivity index (χ2v) is 6.44. The van der Waals surface area contributed by atoms with Crippen LogP contribution in [0.5, 0.6) is 0 Å². The van der Waals surface area contributed by atoms with E-state index in [2.05, 4.69) is 10.1 Å². The quantitative estimate of drug-likeness (QED) is 0.925. The first-order chi connectivity index (χ1) is 11.6. The summed E-state index contributed by atoms with van der Waals surface area (Å²) in [5, 5.41) is 13.8. The van der Waals surface area contributed by atoms with Crippen LogP contribution < -0.4 is 0 Å². The summed E-state index contributed by atoms with van der Waals surface area (Å²) >= 11 is 0. The van der Waals surface area contributed by atoms with Gasteiger partial charge in [0.05, 0.1) is 5.69 Å². The Labute approximate surface area is 138 Å². The van der Waals surface area contributed by atoms with Gasteiger partial charge in [0.2, 0.25) is 5.82 Å². The summed E-state index contributed by atoms with van der Waals surface area (Å²) in [5.74, 6) is -0.939. The van der Waals surface area contributed by atoms with E-state index in [9.17, 15) is 14.7 Å². The van der Waals surface area contributed by atoms with E-state index in [-0.39, 0.29) is 17.7 Å². The summed E-state index contributed by atoms with van der Waals surface area (Å²) in [4.78, 5) is 30.0. The Balaban J connectivity index is 1.60. The zero-order chi connectivity index (χ0) is 16.7. The van der Waals surface area contributed by atoms with Crippen LogP contribution in [0.4, 0.5) is 0 Å². The largest absolute Gasteiger partial charge is 0.480 e. The Morgan fingerprint density at radius 1 is 1.17 bits per heavy atom. The molecule has 1 aromatic heterocycles. The van der Waals surface area contributed by atoms with Crippen LogP contribution >= 0.6 is 0 Å². The average molecular weight is 326 g/mol. The molecule has 7 nitrogen and oxygen atoms in total. The smallest absolute Gasteiger partial charge is 0.326 e. The van der Waals surface area contributed by atoms with E-state index >= 15 is 0 Å². The first-order valence-electron chi connectivity index (χ1n) is 8.16. The average Bonchev–Trinajstić information content (AvgIpc) is 3.29. The van der Waals surface area contributed by atoms with Gasteiger partial charge in [0.1, 0.15) is 12.4 Å². The third-order valence-electron chi connectivity index (χ3n) is 5.11. The number of amides is 1. The van der Waals surface area contributed by atoms with Crippen molar-refractivity contribution in [3.05, 3.63) is 42.5 Å². The lowest BCUT2D eigenvalue weighted by atomic mass is 9.94. The molecule has 2 aromatic rings. The van der Waals surface area contributed by atoms with Crippen molar-refractivity contribution in [2.75, 3.05) is 6.54 Å². The third kappa shape index (κ3) is 2.36. The number of carboxylic acid groups (broad SMARTS) is 1. The van der Waals surface area contributed by atoms with Gasteiger partial charge in [0, 0.05) is 6.54 Å². The molecule has 0 spiro atoms. The van der Waals surface area contributed by atoms with Gasteiger partial charge < -0.3 is 10.0 Å². The number of hydrogen-bond donors (Lipinski definition) is 1. The summed E-state index contributed by atoms with van der Waals surface area (Å²) in [5.41, 5.74) is 0.803. The van der Waals surface area contributed by atoms with Gasteiger partial charge in [-0.2, -0.15) is 0 Å². The number of benzene rings is 1. The summed E-state index contributed by atoms with van der Waals surface area (Å²) < 4.78 is 1.53. The van der Waals surface area contributed by atoms with Crippen molar-refractivity contribution in [3.63, 3.8) is 0 Å². The van der Waals surface area contributed by atoms with Crippen molar-refractivity contribution in [1.82, 2.24) is 19.7 Å². The first-order valence-corrected chi connectivity index (χ1v) is 8.16. The van der Waals surface area contributed by atoms with Gasteiger partial charge in [-0.1, -0.05) is 24.6 Å². The lowest BCUT2D eigenvalue weighted by Crippen LogP contribution is -2.43. The fraction of sp³-hybridized carbons (Fsp3) is 0.412. The highest BCUT2D eigenvalue weighted by Crippen LogP contribution is 2.42. The predicted octanol–water partition coefficient (Wildman–Crippen LogP) is 1.59. The van der Waals surface area contributed by atoms with E-state index in [0.29, 0.717) is 6.54 Å². The van der Waals surface area contributed by atoms with Gasteiger partial charge >= 0.3 is 5.97 Å². The van der Waals surface area contributed by atoms with E-state index in [1.165, 1.54) is 15.9 Å². The van der Waals surface area contributed by atoms with Crippen LogP contribution in [-0.2, 0) is 4.79 Å². The van der Waals surface area contributed by atoms with Crippen molar-refractivity contribution >= 4 is 11.9 Å². The van der Waals surface area contributed by atoms with E-state index in [0.717, 1.165) is 24.9 Å². The highest BCUT2D eigenvalue weighted by molar-refractivity contribution is 5.94. The zero-order valence-corrected chi connectivity index (χ0v) is 13.1. The maximum absolute atomic E-state index is 12.8. The van der Waals surface area contributed by atoms with Crippen LogP contribution in [0.15, 0.2) is 36.7 Å². The van der Waals surface area contributed by atoms with Crippen molar-refractivity contribution in [3.8, 4) is 5.69 Å². The molecule has 2 aliphatic rings. The highest BCUT2D eigenvalue weighted by atomic mass is 16.4. The summed E-state index contributed by atoms with van der Waals surface area (Å²) in [6, 6.07) is 8.62. The zero-order valence-electron chi connectivity index (χ0n) is 13.1. The maximum atomic E-state index is 12.8. The molecule has 24 heavy (non-hydrogen) atoms. The minimum Gasteiger partial charge on any atom is -0.480 e. The standard InChI is InChI=1S/C17H18N4O3/c22-16(15-18-10-21(19-15)12-6-2-1-3-7-12)20-9-11-5-4-8-13(11)14(20)17(23)24/h1-3,6-7,10-11,13-14H,4-5,8-9H2,(H,23,24)/t11-,13+,14-/m0/s1. The minimum absolute atomic E-state index is 0.0464. The second-order valence-electron chi connectivity index (χ2n) is 6.44. The number of carbonyl (C=O) groups excluding carboxylic acids is 1. The molecule has 1 saturated carbocycles. The molecule has 1 aliphatic carbocycles. The molecule has 2 heterocycles. The van der Waals surface area contributed by atoms with E-state index in [1.54, 1.807) is 0 Å². The van der Waals surface area contributed by atoms with Gasteiger partial charge in [-0.3, -0.25) is 4.79 Å². The van der Waals surface area contributed by atoms with E-state index in [4.69, 9.17) is 0 Å². The van der Waals surface area contributed by atoms with Crippen molar-refractivity contribution in [2.24, 2.45) is 11.8 Å². The lowest BCUT2D eigenvalue weighted by molar-refractivity contribution is -0.142. The van der Waals surface area contributed by atoms with E-state index < -0.39 is 17.9 Å². The number of aliphatic carboxylic acids is 1. The van der Waals surface area contributed by atoms with Crippen LogP contribution in [0.25, 0.3) is 5.69 Å². The number of para-hydroxylation sites is 1. The molecule has 4 rings (SSSR count). The van der Waals surface area contributed by atoms with E-state index in [1.807, 2.05) is 30.3 Å². The van der Waals surface area contributed by atoms with Crippen molar-refractivity contribution < 1.29 is 14.7 Å². The van der Waals surface area contributed by atoms with Crippen LogP contribution in [-0.4, -0.2) is 49.2 Å². The van der Waals surface area contributed by atoms with Crippen molar-refractivity contribution in [2.45, 2.75) is 25.3 Å². The number of aromatic nitrogens is 3. The predicted molar refractivity (Wildman–Crippen MR) is 84.7 cm³/mol. The Kier molecular flexibility index (Phi) is 3.55. The Hall–Kier alpha value is -2.70. The number of carbonyl (C=O) groups is 2. The fourth-order valence-electron chi connectivity index (χ4n) is 4.03. The minimum atomic E-state index is -0.930. The molecular formula is C17H18N4O3. The Morgan fingerprint density at radius 3 is 2.71 bits per heavy atom. The van der Waals surface area contributed by atoms with Gasteiger partial charge in [-0.15, -0.1) is 5.10 Å². The monoisotopic (exact) mass is 326 g/mol. The molecule has 0 radical (unpaired) electrons. The molecule has 1 aromatic carbocycles. The number of fused-ring (bicyclic) bond motifs is 1. The van der Waals surface area contributed by atoms with Crippen LogP contribution in [0.2, 0.25) is 0 Å². The molecule has 3 atom stereocenters.